The summed E-state index contributed by atoms with van der Waals surface area (Å²) in [5.41, 5.74) is 5.27. The molecule has 0 aliphatic heterocycles. The molecular formula is C33H35N. The summed E-state index contributed by atoms with van der Waals surface area (Å²) in [4.78, 5) is 2.18. The number of benzene rings is 4. The fourth-order valence-corrected chi connectivity index (χ4v) is 5.30. The minimum absolute atomic E-state index is 0.133. The Morgan fingerprint density at radius 2 is 1.09 bits per heavy atom. The quantitative estimate of drug-likeness (QED) is 0.300. The van der Waals surface area contributed by atoms with Crippen LogP contribution in [-0.4, -0.2) is 0 Å². The van der Waals surface area contributed by atoms with Gasteiger partial charge in [0.25, 0.3) is 0 Å². The third-order valence-corrected chi connectivity index (χ3v) is 8.61. The van der Waals surface area contributed by atoms with E-state index in [2.05, 4.69) is 82.8 Å². The molecule has 1 heteroatoms. The van der Waals surface area contributed by atoms with Crippen LogP contribution in [0.2, 0.25) is 0 Å². The van der Waals surface area contributed by atoms with Gasteiger partial charge in [0.2, 0.25) is 0 Å². The summed E-state index contributed by atoms with van der Waals surface area (Å²) in [6.07, 6.45) is 0. The van der Waals surface area contributed by atoms with E-state index in [9.17, 15) is 1.37 Å². The van der Waals surface area contributed by atoms with Crippen LogP contribution in [0.4, 0.5) is 17.1 Å². The first kappa shape index (κ1) is 19.0. The SMILES string of the molecule is [2H]c1c([2H])c2c(c([2H])c1-c1cccc(N(c3ccccc3)c3ccccc3)c1)C(C)(C)C(C)(C)C2(C)C. The summed E-state index contributed by atoms with van der Waals surface area (Å²) in [7, 11) is 0. The van der Waals surface area contributed by atoms with Gasteiger partial charge in [-0.3, -0.25) is 0 Å². The highest BCUT2D eigenvalue weighted by Crippen LogP contribution is 2.61. The van der Waals surface area contributed by atoms with Gasteiger partial charge in [0.1, 0.15) is 0 Å². The van der Waals surface area contributed by atoms with Crippen molar-refractivity contribution in [2.45, 2.75) is 52.4 Å². The van der Waals surface area contributed by atoms with E-state index >= 15 is 0 Å². The van der Waals surface area contributed by atoms with Crippen molar-refractivity contribution < 1.29 is 4.11 Å². The van der Waals surface area contributed by atoms with Crippen LogP contribution in [0.25, 0.3) is 11.1 Å². The first-order valence-corrected chi connectivity index (χ1v) is 12.1. The van der Waals surface area contributed by atoms with E-state index in [0.29, 0.717) is 11.6 Å². The zero-order valence-corrected chi connectivity index (χ0v) is 21.0. The van der Waals surface area contributed by atoms with Crippen molar-refractivity contribution in [2.24, 2.45) is 5.41 Å². The average Bonchev–Trinajstić information content (AvgIpc) is 2.98. The molecule has 0 heterocycles. The van der Waals surface area contributed by atoms with Crippen LogP contribution in [0.15, 0.2) is 103 Å². The number of hydrogen-bond donors (Lipinski definition) is 0. The van der Waals surface area contributed by atoms with Crippen molar-refractivity contribution in [2.75, 3.05) is 4.90 Å². The van der Waals surface area contributed by atoms with Gasteiger partial charge in [0.15, 0.2) is 0 Å². The van der Waals surface area contributed by atoms with Gasteiger partial charge in [-0.2, -0.15) is 0 Å². The van der Waals surface area contributed by atoms with Crippen LogP contribution in [0.5, 0.6) is 0 Å². The fraction of sp³-hybridized carbons (Fsp3) is 0.273. The van der Waals surface area contributed by atoms with Crippen molar-refractivity contribution in [1.29, 1.82) is 0 Å². The predicted molar refractivity (Wildman–Crippen MR) is 146 cm³/mol. The molecule has 0 fully saturated rings. The number of rotatable bonds is 4. The standard InChI is InChI=1S/C33H35N/c1-31(2)29-21-20-25(23-30(29)32(3,4)33(31,5)6)24-14-13-19-28(22-24)34(26-15-9-7-10-16-26)27-17-11-8-12-18-27/h7-23H,1-6H3/i20D,21D,23D. The summed E-state index contributed by atoms with van der Waals surface area (Å²) < 4.78 is 27.6. The Labute approximate surface area is 209 Å². The topological polar surface area (TPSA) is 3.24 Å². The highest BCUT2D eigenvalue weighted by molar-refractivity contribution is 5.80. The molecule has 172 valence electrons. The first-order chi connectivity index (χ1) is 17.4. The van der Waals surface area contributed by atoms with Crippen molar-refractivity contribution in [3.05, 3.63) is 114 Å². The van der Waals surface area contributed by atoms with E-state index in [0.717, 1.165) is 33.8 Å². The molecule has 1 nitrogen and oxygen atoms in total. The van der Waals surface area contributed by atoms with Crippen LogP contribution in [0, 0.1) is 5.41 Å². The fourth-order valence-electron chi connectivity index (χ4n) is 5.30. The molecule has 0 atom stereocenters. The molecule has 34 heavy (non-hydrogen) atoms. The Balaban J connectivity index is 1.74. The van der Waals surface area contributed by atoms with Gasteiger partial charge in [-0.05, 0) is 74.9 Å². The second-order valence-corrected chi connectivity index (χ2v) is 10.9. The molecule has 5 rings (SSSR count). The van der Waals surface area contributed by atoms with Crippen LogP contribution in [-0.2, 0) is 10.8 Å². The number of para-hydroxylation sites is 2. The maximum Gasteiger partial charge on any atom is 0.0632 e. The monoisotopic (exact) mass is 448 g/mol. The van der Waals surface area contributed by atoms with Gasteiger partial charge in [0.05, 0.1) is 4.11 Å². The lowest BCUT2D eigenvalue weighted by Crippen LogP contribution is -2.42. The molecule has 1 aliphatic carbocycles. The van der Waals surface area contributed by atoms with E-state index < -0.39 is 0 Å². The Kier molecular flexibility index (Phi) is 4.41. The molecule has 0 unspecified atom stereocenters. The second kappa shape index (κ2) is 7.87. The first-order valence-electron chi connectivity index (χ1n) is 13.6. The second-order valence-electron chi connectivity index (χ2n) is 10.9. The van der Waals surface area contributed by atoms with E-state index in [1.807, 2.05) is 48.5 Å². The molecule has 0 aromatic heterocycles. The predicted octanol–water partition coefficient (Wildman–Crippen LogP) is 9.42. The largest absolute Gasteiger partial charge is 0.310 e. The van der Waals surface area contributed by atoms with Gasteiger partial charge >= 0.3 is 0 Å². The van der Waals surface area contributed by atoms with E-state index in [1.165, 1.54) is 0 Å². The summed E-state index contributed by atoms with van der Waals surface area (Å²) in [5.74, 6) is 0. The molecular weight excluding hydrogens is 410 g/mol. The van der Waals surface area contributed by atoms with E-state index in [4.69, 9.17) is 2.74 Å². The van der Waals surface area contributed by atoms with Gasteiger partial charge in [-0.1, -0.05) is 108 Å². The third-order valence-electron chi connectivity index (χ3n) is 8.61. The van der Waals surface area contributed by atoms with Crippen LogP contribution < -0.4 is 4.90 Å². The zero-order chi connectivity index (χ0) is 26.8. The molecule has 1 aliphatic rings. The van der Waals surface area contributed by atoms with E-state index in [-0.39, 0.29) is 28.3 Å². The molecule has 0 amide bonds. The molecule has 4 aromatic carbocycles. The maximum absolute atomic E-state index is 9.40. The minimum Gasteiger partial charge on any atom is -0.310 e. The number of hydrogen-bond acceptors (Lipinski definition) is 1. The molecule has 0 saturated carbocycles. The Morgan fingerprint density at radius 3 is 1.68 bits per heavy atom. The molecule has 0 spiro atoms. The Hall–Kier alpha value is -3.32. The lowest BCUT2D eigenvalue weighted by atomic mass is 9.59. The van der Waals surface area contributed by atoms with Crippen LogP contribution in [0.3, 0.4) is 0 Å². The zero-order valence-electron chi connectivity index (χ0n) is 24.0. The lowest BCUT2D eigenvalue weighted by Gasteiger charge is -2.44. The molecule has 0 bridgehead atoms. The van der Waals surface area contributed by atoms with Crippen molar-refractivity contribution in [3.63, 3.8) is 0 Å². The number of fused-ring (bicyclic) bond motifs is 1. The average molecular weight is 449 g/mol. The smallest absolute Gasteiger partial charge is 0.0632 e. The third kappa shape index (κ3) is 3.29. The normalized spacial score (nSPS) is 18.5. The number of anilines is 3. The van der Waals surface area contributed by atoms with Gasteiger partial charge in [-0.15, -0.1) is 0 Å². The van der Waals surface area contributed by atoms with Crippen molar-refractivity contribution >= 4 is 17.1 Å². The number of nitrogens with zero attached hydrogens (tertiary/aromatic N) is 1. The molecule has 0 saturated heterocycles. The summed E-state index contributed by atoms with van der Waals surface area (Å²) in [6.45, 7) is 13.2. The molecule has 0 N–H and O–H groups in total. The summed E-state index contributed by atoms with van der Waals surface area (Å²) >= 11 is 0. The molecule has 4 aromatic rings. The Morgan fingerprint density at radius 1 is 0.559 bits per heavy atom. The van der Waals surface area contributed by atoms with E-state index in [1.54, 1.807) is 0 Å². The van der Waals surface area contributed by atoms with Gasteiger partial charge in [0, 0.05) is 17.1 Å². The minimum atomic E-state index is -0.327. The van der Waals surface area contributed by atoms with Crippen LogP contribution >= 0.6 is 0 Å². The molecule has 0 radical (unpaired) electrons. The van der Waals surface area contributed by atoms with Crippen molar-refractivity contribution in [1.82, 2.24) is 0 Å². The van der Waals surface area contributed by atoms with Gasteiger partial charge in [-0.25, -0.2) is 0 Å². The van der Waals surface area contributed by atoms with Gasteiger partial charge < -0.3 is 4.90 Å². The van der Waals surface area contributed by atoms with Crippen molar-refractivity contribution in [3.8, 4) is 11.1 Å². The highest BCUT2D eigenvalue weighted by Gasteiger charge is 2.56. The summed E-state index contributed by atoms with van der Waals surface area (Å²) in [5, 5.41) is 0. The van der Waals surface area contributed by atoms with Crippen LogP contribution in [0.1, 0.15) is 56.8 Å². The lowest BCUT2D eigenvalue weighted by molar-refractivity contribution is 0.125. The highest BCUT2D eigenvalue weighted by atomic mass is 15.1. The Bertz CT molecular complexity index is 1430. The summed E-state index contributed by atoms with van der Waals surface area (Å²) in [6, 6.07) is 29.2. The maximum atomic E-state index is 9.40.